The van der Waals surface area contributed by atoms with Gasteiger partial charge >= 0.3 is 0 Å². The van der Waals surface area contributed by atoms with Crippen LogP contribution in [-0.4, -0.2) is 21.8 Å². The van der Waals surface area contributed by atoms with Crippen LogP contribution in [0.1, 0.15) is 28.5 Å². The molecule has 0 aromatic carbocycles. The lowest BCUT2D eigenvalue weighted by atomic mass is 10.2. The first-order valence-electron chi connectivity index (χ1n) is 7.96. The first-order valence-corrected chi connectivity index (χ1v) is 8.84. The van der Waals surface area contributed by atoms with Gasteiger partial charge in [0.15, 0.2) is 0 Å². The molecule has 3 heterocycles. The normalized spacial score (nSPS) is 19.9. The number of thiophene rings is 1. The molecule has 1 N–H and O–H groups in total. The summed E-state index contributed by atoms with van der Waals surface area (Å²) in [4.78, 5) is 18.2. The van der Waals surface area contributed by atoms with Crippen LogP contribution in [0.5, 0.6) is 0 Å². The van der Waals surface area contributed by atoms with Gasteiger partial charge in [-0.25, -0.2) is 4.98 Å². The Morgan fingerprint density at radius 1 is 1.43 bits per heavy atom. The van der Waals surface area contributed by atoms with E-state index < -0.39 is 0 Å². The van der Waals surface area contributed by atoms with Crippen molar-refractivity contribution in [2.45, 2.75) is 25.7 Å². The van der Waals surface area contributed by atoms with E-state index in [9.17, 15) is 4.79 Å². The molecule has 4 nitrogen and oxygen atoms in total. The van der Waals surface area contributed by atoms with E-state index >= 15 is 0 Å². The van der Waals surface area contributed by atoms with Crippen LogP contribution in [0.3, 0.4) is 0 Å². The predicted octanol–water partition coefficient (Wildman–Crippen LogP) is 3.17. The fourth-order valence-electron chi connectivity index (χ4n) is 3.09. The SMILES string of the molecule is Cc1ccsc1[C@@H]1C[C@H]1C(=O)NCCc1cn2ccccc2n1. The molecule has 3 aromatic rings. The standard InChI is InChI=1S/C18H19N3OS/c1-12-6-9-23-17(12)14-10-15(14)18(22)19-7-5-13-11-21-8-3-2-4-16(21)20-13/h2-4,6,8-9,11,14-15H,5,7,10H2,1H3,(H,19,22)/t14-,15-/m1/s1. The summed E-state index contributed by atoms with van der Waals surface area (Å²) in [7, 11) is 0. The Bertz CT molecular complexity index is 818. The molecule has 0 aliphatic heterocycles. The molecule has 1 amide bonds. The highest BCUT2D eigenvalue weighted by atomic mass is 32.1. The molecular formula is C18H19N3OS. The van der Waals surface area contributed by atoms with Gasteiger partial charge in [0, 0.05) is 42.1 Å². The van der Waals surface area contributed by atoms with Gasteiger partial charge in [-0.2, -0.15) is 0 Å². The molecule has 2 atom stereocenters. The van der Waals surface area contributed by atoms with Crippen molar-refractivity contribution in [1.82, 2.24) is 14.7 Å². The van der Waals surface area contributed by atoms with E-state index in [1.165, 1.54) is 10.4 Å². The summed E-state index contributed by atoms with van der Waals surface area (Å²) < 4.78 is 2.01. The zero-order valence-corrected chi connectivity index (χ0v) is 13.8. The molecule has 23 heavy (non-hydrogen) atoms. The molecule has 1 saturated carbocycles. The van der Waals surface area contributed by atoms with Crippen LogP contribution in [0, 0.1) is 12.8 Å². The molecule has 3 aromatic heterocycles. The highest BCUT2D eigenvalue weighted by Crippen LogP contribution is 2.50. The number of imidazole rings is 1. The highest BCUT2D eigenvalue weighted by Gasteiger charge is 2.45. The van der Waals surface area contributed by atoms with Gasteiger partial charge in [0.1, 0.15) is 5.65 Å². The predicted molar refractivity (Wildman–Crippen MR) is 91.8 cm³/mol. The van der Waals surface area contributed by atoms with Gasteiger partial charge in [-0.05, 0) is 42.5 Å². The lowest BCUT2D eigenvalue weighted by Crippen LogP contribution is -2.27. The van der Waals surface area contributed by atoms with Crippen molar-refractivity contribution in [3.63, 3.8) is 0 Å². The molecule has 0 saturated heterocycles. The third kappa shape index (κ3) is 2.88. The fraction of sp³-hybridized carbons (Fsp3) is 0.333. The minimum absolute atomic E-state index is 0.161. The van der Waals surface area contributed by atoms with E-state index in [0.717, 1.165) is 24.2 Å². The van der Waals surface area contributed by atoms with Gasteiger partial charge < -0.3 is 9.72 Å². The summed E-state index contributed by atoms with van der Waals surface area (Å²) in [6.45, 7) is 2.78. The van der Waals surface area contributed by atoms with Crippen molar-refractivity contribution in [3.8, 4) is 0 Å². The van der Waals surface area contributed by atoms with Crippen molar-refractivity contribution in [3.05, 3.63) is 58.2 Å². The monoisotopic (exact) mass is 325 g/mol. The second-order valence-electron chi connectivity index (χ2n) is 6.16. The number of nitrogens with zero attached hydrogens (tertiary/aromatic N) is 2. The van der Waals surface area contributed by atoms with Crippen molar-refractivity contribution in [1.29, 1.82) is 0 Å². The Kier molecular flexibility index (Phi) is 3.65. The van der Waals surface area contributed by atoms with Gasteiger partial charge in [0.2, 0.25) is 5.91 Å². The van der Waals surface area contributed by atoms with Gasteiger partial charge in [0.05, 0.1) is 5.69 Å². The van der Waals surface area contributed by atoms with Crippen LogP contribution in [0.4, 0.5) is 0 Å². The molecular weight excluding hydrogens is 306 g/mol. The van der Waals surface area contributed by atoms with Crippen LogP contribution >= 0.6 is 11.3 Å². The molecule has 0 spiro atoms. The van der Waals surface area contributed by atoms with E-state index in [1.807, 2.05) is 35.0 Å². The number of carbonyl (C=O) groups excluding carboxylic acids is 1. The van der Waals surface area contributed by atoms with Gasteiger partial charge in [-0.1, -0.05) is 6.07 Å². The molecule has 1 aliphatic carbocycles. The first-order chi connectivity index (χ1) is 11.2. The molecule has 1 fully saturated rings. The van der Waals surface area contributed by atoms with Crippen LogP contribution in [0.25, 0.3) is 5.65 Å². The van der Waals surface area contributed by atoms with E-state index in [4.69, 9.17) is 0 Å². The van der Waals surface area contributed by atoms with E-state index in [1.54, 1.807) is 11.3 Å². The summed E-state index contributed by atoms with van der Waals surface area (Å²) in [5, 5.41) is 5.18. The third-order valence-electron chi connectivity index (χ3n) is 4.46. The van der Waals surface area contributed by atoms with Crippen molar-refractivity contribution in [2.75, 3.05) is 6.54 Å². The molecule has 0 unspecified atom stereocenters. The average Bonchev–Trinajstić information content (AvgIpc) is 3.04. The zero-order chi connectivity index (χ0) is 15.8. The van der Waals surface area contributed by atoms with Gasteiger partial charge in [0.25, 0.3) is 0 Å². The van der Waals surface area contributed by atoms with Crippen LogP contribution in [-0.2, 0) is 11.2 Å². The number of carbonyl (C=O) groups is 1. The summed E-state index contributed by atoms with van der Waals surface area (Å²) in [5.41, 5.74) is 3.28. The number of hydrogen-bond donors (Lipinski definition) is 1. The molecule has 0 radical (unpaired) electrons. The Morgan fingerprint density at radius 3 is 3.13 bits per heavy atom. The summed E-state index contributed by atoms with van der Waals surface area (Å²) in [6.07, 6.45) is 5.77. The molecule has 5 heteroatoms. The van der Waals surface area contributed by atoms with Crippen LogP contribution in [0.15, 0.2) is 42.0 Å². The van der Waals surface area contributed by atoms with Crippen molar-refractivity contribution in [2.24, 2.45) is 5.92 Å². The molecule has 118 valence electrons. The smallest absolute Gasteiger partial charge is 0.223 e. The number of aromatic nitrogens is 2. The molecule has 1 aliphatic rings. The maximum atomic E-state index is 12.3. The van der Waals surface area contributed by atoms with E-state index in [2.05, 4.69) is 28.7 Å². The Morgan fingerprint density at radius 2 is 2.35 bits per heavy atom. The lowest BCUT2D eigenvalue weighted by Gasteiger charge is -2.03. The topological polar surface area (TPSA) is 46.4 Å². The van der Waals surface area contributed by atoms with Gasteiger partial charge in [-0.15, -0.1) is 11.3 Å². The lowest BCUT2D eigenvalue weighted by molar-refractivity contribution is -0.122. The maximum Gasteiger partial charge on any atom is 0.223 e. The summed E-state index contributed by atoms with van der Waals surface area (Å²) >= 11 is 1.77. The number of aryl methyl sites for hydroxylation is 1. The Labute approximate surface area is 139 Å². The van der Waals surface area contributed by atoms with Crippen LogP contribution < -0.4 is 5.32 Å². The quantitative estimate of drug-likeness (QED) is 0.783. The minimum atomic E-state index is 0.161. The zero-order valence-electron chi connectivity index (χ0n) is 13.0. The molecule has 0 bridgehead atoms. The number of hydrogen-bond acceptors (Lipinski definition) is 3. The largest absolute Gasteiger partial charge is 0.355 e. The number of fused-ring (bicyclic) bond motifs is 1. The maximum absolute atomic E-state index is 12.3. The van der Waals surface area contributed by atoms with Crippen molar-refractivity contribution < 1.29 is 4.79 Å². The van der Waals surface area contributed by atoms with E-state index in [0.29, 0.717) is 12.5 Å². The number of rotatable bonds is 5. The number of pyridine rings is 1. The second kappa shape index (κ2) is 5.81. The first kappa shape index (κ1) is 14.5. The Balaban J connectivity index is 1.30. The average molecular weight is 325 g/mol. The minimum Gasteiger partial charge on any atom is -0.355 e. The molecule has 4 rings (SSSR count). The number of amides is 1. The highest BCUT2D eigenvalue weighted by molar-refractivity contribution is 7.10. The number of nitrogens with one attached hydrogen (secondary N) is 1. The summed E-state index contributed by atoms with van der Waals surface area (Å²) in [6, 6.07) is 8.09. The third-order valence-corrected chi connectivity index (χ3v) is 5.61. The second-order valence-corrected chi connectivity index (χ2v) is 7.10. The summed E-state index contributed by atoms with van der Waals surface area (Å²) in [5.74, 6) is 0.783. The fourth-order valence-corrected chi connectivity index (χ4v) is 4.20. The van der Waals surface area contributed by atoms with E-state index in [-0.39, 0.29) is 11.8 Å². The van der Waals surface area contributed by atoms with Crippen molar-refractivity contribution >= 4 is 22.9 Å². The van der Waals surface area contributed by atoms with Gasteiger partial charge in [-0.3, -0.25) is 4.79 Å². The Hall–Kier alpha value is -2.14. The van der Waals surface area contributed by atoms with Crippen LogP contribution in [0.2, 0.25) is 0 Å².